The Morgan fingerprint density at radius 3 is 2.23 bits per heavy atom. The van der Waals surface area contributed by atoms with Crippen LogP contribution in [0.4, 0.5) is 11.4 Å². The Kier molecular flexibility index (Phi) is 4.98. The molecule has 0 unspecified atom stereocenters. The molecule has 0 radical (unpaired) electrons. The van der Waals surface area contributed by atoms with Gasteiger partial charge in [-0.15, -0.1) is 0 Å². The molecule has 136 valence electrons. The van der Waals surface area contributed by atoms with Crippen LogP contribution in [0.15, 0.2) is 48.5 Å². The Hall–Kier alpha value is -2.82. The molecule has 0 aliphatic heterocycles. The number of nitrogens with zero attached hydrogens (tertiary/aromatic N) is 1. The highest BCUT2D eigenvalue weighted by Crippen LogP contribution is 2.47. The molecule has 1 fully saturated rings. The van der Waals surface area contributed by atoms with Gasteiger partial charge in [0.1, 0.15) is 5.41 Å². The summed E-state index contributed by atoms with van der Waals surface area (Å²) >= 11 is 0. The molecule has 5 nitrogen and oxygen atoms in total. The predicted molar refractivity (Wildman–Crippen MR) is 104 cm³/mol. The second-order valence-electron chi connectivity index (χ2n) is 7.09. The predicted octanol–water partition coefficient (Wildman–Crippen LogP) is 3.10. The summed E-state index contributed by atoms with van der Waals surface area (Å²) in [6.07, 6.45) is 1.18. The van der Waals surface area contributed by atoms with Crippen LogP contribution in [0.25, 0.3) is 0 Å². The molecular weight excluding hydrogens is 326 g/mol. The molecule has 0 aromatic heterocycles. The van der Waals surface area contributed by atoms with Crippen molar-refractivity contribution in [2.45, 2.75) is 26.3 Å². The summed E-state index contributed by atoms with van der Waals surface area (Å²) in [6, 6.07) is 15.5. The summed E-state index contributed by atoms with van der Waals surface area (Å²) in [6.45, 7) is 2.45. The zero-order valence-electron chi connectivity index (χ0n) is 15.5. The number of anilines is 2. The third kappa shape index (κ3) is 3.72. The number of carbonyl (C=O) groups excluding carboxylic acids is 2. The Bertz CT molecular complexity index is 808. The average Bonchev–Trinajstić information content (AvgIpc) is 3.43. The van der Waals surface area contributed by atoms with Crippen molar-refractivity contribution in [2.75, 3.05) is 24.3 Å². The monoisotopic (exact) mass is 351 g/mol. The van der Waals surface area contributed by atoms with Gasteiger partial charge in [0.05, 0.1) is 0 Å². The van der Waals surface area contributed by atoms with Gasteiger partial charge in [-0.1, -0.05) is 24.3 Å². The molecule has 1 aliphatic carbocycles. The lowest BCUT2D eigenvalue weighted by molar-refractivity contribution is -0.134. The second-order valence-corrected chi connectivity index (χ2v) is 7.09. The van der Waals surface area contributed by atoms with Gasteiger partial charge in [0.25, 0.3) is 0 Å². The van der Waals surface area contributed by atoms with Gasteiger partial charge >= 0.3 is 0 Å². The molecule has 1 aliphatic rings. The SMILES string of the molecule is Cc1ccccc1CNC(=O)C1(C(=O)Nc2ccc(N(C)C)cc2)CC1. The molecule has 2 N–H and O–H groups in total. The minimum Gasteiger partial charge on any atom is -0.378 e. The highest BCUT2D eigenvalue weighted by Gasteiger charge is 2.56. The molecule has 2 aromatic carbocycles. The van der Waals surface area contributed by atoms with Crippen LogP contribution in [0.3, 0.4) is 0 Å². The maximum Gasteiger partial charge on any atom is 0.240 e. The van der Waals surface area contributed by atoms with E-state index in [0.717, 1.165) is 16.8 Å². The number of nitrogens with one attached hydrogen (secondary N) is 2. The number of hydrogen-bond acceptors (Lipinski definition) is 3. The van der Waals surface area contributed by atoms with E-state index in [9.17, 15) is 9.59 Å². The molecule has 0 atom stereocenters. The van der Waals surface area contributed by atoms with Crippen LogP contribution in [0.5, 0.6) is 0 Å². The summed E-state index contributed by atoms with van der Waals surface area (Å²) in [7, 11) is 3.93. The van der Waals surface area contributed by atoms with Crippen molar-refractivity contribution in [3.05, 3.63) is 59.7 Å². The lowest BCUT2D eigenvalue weighted by atomic mass is 10.0. The van der Waals surface area contributed by atoms with Crippen LogP contribution >= 0.6 is 0 Å². The largest absolute Gasteiger partial charge is 0.378 e. The van der Waals surface area contributed by atoms with Crippen LogP contribution in [0.1, 0.15) is 24.0 Å². The number of aryl methyl sites for hydroxylation is 1. The maximum atomic E-state index is 12.7. The smallest absolute Gasteiger partial charge is 0.240 e. The summed E-state index contributed by atoms with van der Waals surface area (Å²) in [5.41, 5.74) is 3.03. The van der Waals surface area contributed by atoms with Crippen molar-refractivity contribution in [3.8, 4) is 0 Å². The summed E-state index contributed by atoms with van der Waals surface area (Å²) in [5.74, 6) is -0.416. The minimum absolute atomic E-state index is 0.192. The molecule has 5 heteroatoms. The lowest BCUT2D eigenvalue weighted by Gasteiger charge is -2.17. The van der Waals surface area contributed by atoms with Gasteiger partial charge in [-0.05, 0) is 55.2 Å². The Morgan fingerprint density at radius 1 is 1.00 bits per heavy atom. The molecule has 0 heterocycles. The Labute approximate surface area is 154 Å². The van der Waals surface area contributed by atoms with Crippen molar-refractivity contribution in [1.29, 1.82) is 0 Å². The van der Waals surface area contributed by atoms with Crippen molar-refractivity contribution >= 4 is 23.2 Å². The number of carbonyl (C=O) groups is 2. The fourth-order valence-electron chi connectivity index (χ4n) is 2.93. The number of amides is 2. The molecule has 1 saturated carbocycles. The number of hydrogen-bond donors (Lipinski definition) is 2. The van der Waals surface area contributed by atoms with Gasteiger partial charge in [0, 0.05) is 32.0 Å². The Morgan fingerprint density at radius 2 is 1.65 bits per heavy atom. The van der Waals surface area contributed by atoms with E-state index < -0.39 is 5.41 Å². The third-order valence-corrected chi connectivity index (χ3v) is 4.96. The fraction of sp³-hybridized carbons (Fsp3) is 0.333. The quantitative estimate of drug-likeness (QED) is 0.786. The van der Waals surface area contributed by atoms with Gasteiger partial charge in [0.2, 0.25) is 11.8 Å². The lowest BCUT2D eigenvalue weighted by Crippen LogP contribution is -2.39. The molecule has 3 rings (SSSR count). The highest BCUT2D eigenvalue weighted by atomic mass is 16.2. The maximum absolute atomic E-state index is 12.7. The zero-order valence-corrected chi connectivity index (χ0v) is 15.5. The van der Waals surface area contributed by atoms with Crippen LogP contribution in [0.2, 0.25) is 0 Å². The van der Waals surface area contributed by atoms with E-state index in [1.54, 1.807) is 0 Å². The zero-order chi connectivity index (χ0) is 18.7. The first-order valence-electron chi connectivity index (χ1n) is 8.84. The van der Waals surface area contributed by atoms with Crippen molar-refractivity contribution in [2.24, 2.45) is 5.41 Å². The first-order chi connectivity index (χ1) is 12.4. The standard InChI is InChI=1S/C21H25N3O2/c1-15-6-4-5-7-16(15)14-22-19(25)21(12-13-21)20(26)23-17-8-10-18(11-9-17)24(2)3/h4-11H,12-14H2,1-3H3,(H,22,25)(H,23,26). The Balaban J connectivity index is 1.61. The van der Waals surface area contributed by atoms with Crippen LogP contribution in [0, 0.1) is 12.3 Å². The molecule has 0 saturated heterocycles. The van der Waals surface area contributed by atoms with Gasteiger partial charge in [-0.3, -0.25) is 9.59 Å². The normalized spacial score (nSPS) is 14.4. The van der Waals surface area contributed by atoms with Crippen molar-refractivity contribution in [1.82, 2.24) is 5.32 Å². The van der Waals surface area contributed by atoms with E-state index in [2.05, 4.69) is 10.6 Å². The van der Waals surface area contributed by atoms with E-state index in [1.165, 1.54) is 0 Å². The third-order valence-electron chi connectivity index (χ3n) is 4.96. The van der Waals surface area contributed by atoms with E-state index >= 15 is 0 Å². The van der Waals surface area contributed by atoms with Gasteiger partial charge in [-0.25, -0.2) is 0 Å². The van der Waals surface area contributed by atoms with E-state index in [-0.39, 0.29) is 11.8 Å². The summed E-state index contributed by atoms with van der Waals surface area (Å²) in [5, 5.41) is 5.81. The molecule has 2 aromatic rings. The molecular formula is C21H25N3O2. The first-order valence-corrected chi connectivity index (χ1v) is 8.84. The van der Waals surface area contributed by atoms with Gasteiger partial charge in [-0.2, -0.15) is 0 Å². The van der Waals surface area contributed by atoms with Gasteiger partial charge < -0.3 is 15.5 Å². The van der Waals surface area contributed by atoms with E-state index in [1.807, 2.05) is 74.4 Å². The molecule has 26 heavy (non-hydrogen) atoms. The topological polar surface area (TPSA) is 61.4 Å². The first kappa shape index (κ1) is 18.0. The van der Waals surface area contributed by atoms with Crippen molar-refractivity contribution < 1.29 is 9.59 Å². The average molecular weight is 351 g/mol. The van der Waals surface area contributed by atoms with Gasteiger partial charge in [0.15, 0.2) is 0 Å². The highest BCUT2D eigenvalue weighted by molar-refractivity contribution is 6.13. The van der Waals surface area contributed by atoms with Crippen LogP contribution in [-0.2, 0) is 16.1 Å². The molecule has 0 bridgehead atoms. The second kappa shape index (κ2) is 7.20. The molecule has 2 amide bonds. The fourth-order valence-corrected chi connectivity index (χ4v) is 2.93. The van der Waals surface area contributed by atoms with E-state index in [4.69, 9.17) is 0 Å². The number of benzene rings is 2. The van der Waals surface area contributed by atoms with Crippen molar-refractivity contribution in [3.63, 3.8) is 0 Å². The summed E-state index contributed by atoms with van der Waals surface area (Å²) < 4.78 is 0. The minimum atomic E-state index is -0.928. The summed E-state index contributed by atoms with van der Waals surface area (Å²) in [4.78, 5) is 27.3. The van der Waals surface area contributed by atoms with Crippen LogP contribution in [-0.4, -0.2) is 25.9 Å². The number of rotatable bonds is 6. The van der Waals surface area contributed by atoms with Crippen LogP contribution < -0.4 is 15.5 Å². The van der Waals surface area contributed by atoms with E-state index in [0.29, 0.717) is 25.1 Å². The molecule has 0 spiro atoms.